The maximum Gasteiger partial charge on any atom is 0.250 e. The third-order valence-electron chi connectivity index (χ3n) is 2.15. The number of rotatable bonds is 4. The predicted molar refractivity (Wildman–Crippen MR) is 64.5 cm³/mol. The summed E-state index contributed by atoms with van der Waals surface area (Å²) in [6.45, 7) is 1.90. The molecule has 0 aromatic carbocycles. The molecule has 0 saturated heterocycles. The molecule has 0 radical (unpaired) electrons. The van der Waals surface area contributed by atoms with Gasteiger partial charge in [0.05, 0.1) is 0 Å². The normalized spacial score (nSPS) is 16.1. The van der Waals surface area contributed by atoms with Crippen LogP contribution in [0.3, 0.4) is 0 Å². The van der Waals surface area contributed by atoms with Gasteiger partial charge in [0.15, 0.2) is 0 Å². The number of anilines is 1. The zero-order valence-corrected chi connectivity index (χ0v) is 9.83. The Kier molecular flexibility index (Phi) is 3.46. The molecular formula is C11H13N3OS. The number of amides is 1. The maximum absolute atomic E-state index is 11.4. The lowest BCUT2D eigenvalue weighted by Gasteiger charge is -1.92. The van der Waals surface area contributed by atoms with Gasteiger partial charge in [-0.05, 0) is 19.8 Å². The molecule has 0 spiro atoms. The van der Waals surface area contributed by atoms with Crippen LogP contribution in [0.15, 0.2) is 24.3 Å². The number of aromatic nitrogens is 2. The Morgan fingerprint density at radius 2 is 2.25 bits per heavy atom. The van der Waals surface area contributed by atoms with Crippen LogP contribution in [0, 0.1) is 0 Å². The molecule has 1 N–H and O–H groups in total. The smallest absolute Gasteiger partial charge is 0.250 e. The molecule has 0 bridgehead atoms. The molecule has 1 aliphatic rings. The summed E-state index contributed by atoms with van der Waals surface area (Å²) < 4.78 is 0. The molecule has 5 heteroatoms. The van der Waals surface area contributed by atoms with Crippen LogP contribution in [0.2, 0.25) is 0 Å². The first-order valence-corrected chi connectivity index (χ1v) is 6.05. The number of hydrogen-bond acceptors (Lipinski definition) is 4. The van der Waals surface area contributed by atoms with Crippen LogP contribution in [0.25, 0.3) is 0 Å². The van der Waals surface area contributed by atoms with E-state index in [0.717, 1.165) is 5.01 Å². The molecule has 1 aliphatic carbocycles. The van der Waals surface area contributed by atoms with Crippen molar-refractivity contribution in [2.45, 2.75) is 25.7 Å². The summed E-state index contributed by atoms with van der Waals surface area (Å²) in [7, 11) is 0. The van der Waals surface area contributed by atoms with E-state index in [1.807, 2.05) is 13.0 Å². The number of carbonyl (C=O) groups is 1. The van der Waals surface area contributed by atoms with Crippen molar-refractivity contribution in [3.05, 3.63) is 29.3 Å². The Balaban J connectivity index is 1.89. The van der Waals surface area contributed by atoms with Gasteiger partial charge in [-0.1, -0.05) is 29.6 Å². The van der Waals surface area contributed by atoms with Crippen LogP contribution in [0.4, 0.5) is 5.13 Å². The van der Waals surface area contributed by atoms with Crippen molar-refractivity contribution in [2.24, 2.45) is 0 Å². The highest BCUT2D eigenvalue weighted by molar-refractivity contribution is 7.15. The van der Waals surface area contributed by atoms with Gasteiger partial charge in [-0.2, -0.15) is 0 Å². The van der Waals surface area contributed by atoms with Gasteiger partial charge in [0.25, 0.3) is 0 Å². The van der Waals surface area contributed by atoms with Gasteiger partial charge in [-0.15, -0.1) is 10.2 Å². The van der Waals surface area contributed by atoms with E-state index in [9.17, 15) is 4.79 Å². The molecule has 4 nitrogen and oxygen atoms in total. The second kappa shape index (κ2) is 5.03. The van der Waals surface area contributed by atoms with Crippen LogP contribution in [-0.2, 0) is 4.79 Å². The van der Waals surface area contributed by atoms with Crippen molar-refractivity contribution in [1.29, 1.82) is 0 Å². The first-order valence-electron chi connectivity index (χ1n) is 5.23. The Morgan fingerprint density at radius 3 is 2.94 bits per heavy atom. The Bertz CT molecular complexity index is 432. The average Bonchev–Trinajstić information content (AvgIpc) is 3.01. The summed E-state index contributed by atoms with van der Waals surface area (Å²) in [5.41, 5.74) is 0. The summed E-state index contributed by atoms with van der Waals surface area (Å²) in [5.74, 6) is 0.415. The Labute approximate surface area is 98.1 Å². The van der Waals surface area contributed by atoms with Gasteiger partial charge in [0.1, 0.15) is 5.01 Å². The Morgan fingerprint density at radius 1 is 1.44 bits per heavy atom. The zero-order valence-electron chi connectivity index (χ0n) is 9.01. The molecular weight excluding hydrogens is 222 g/mol. The molecule has 0 unspecified atom stereocenters. The minimum Gasteiger partial charge on any atom is -0.297 e. The summed E-state index contributed by atoms with van der Waals surface area (Å²) >= 11 is 1.46. The van der Waals surface area contributed by atoms with Crippen molar-refractivity contribution in [3.63, 3.8) is 0 Å². The summed E-state index contributed by atoms with van der Waals surface area (Å²) in [6.07, 6.45) is 9.22. The van der Waals surface area contributed by atoms with E-state index in [1.165, 1.54) is 30.3 Å². The van der Waals surface area contributed by atoms with Gasteiger partial charge in [-0.3, -0.25) is 10.1 Å². The molecule has 0 atom stereocenters. The van der Waals surface area contributed by atoms with Crippen LogP contribution in [0.5, 0.6) is 0 Å². The van der Waals surface area contributed by atoms with Crippen molar-refractivity contribution in [2.75, 3.05) is 5.32 Å². The van der Waals surface area contributed by atoms with Crippen molar-refractivity contribution >= 4 is 22.4 Å². The fraction of sp³-hybridized carbons (Fsp3) is 0.364. The lowest BCUT2D eigenvalue weighted by molar-refractivity contribution is -0.111. The maximum atomic E-state index is 11.4. The van der Waals surface area contributed by atoms with E-state index in [2.05, 4.69) is 15.5 Å². The first-order chi connectivity index (χ1) is 7.79. The molecule has 1 heterocycles. The highest BCUT2D eigenvalue weighted by Gasteiger charge is 2.27. The van der Waals surface area contributed by atoms with Crippen LogP contribution < -0.4 is 5.32 Å². The summed E-state index contributed by atoms with van der Waals surface area (Å²) in [4.78, 5) is 11.4. The third kappa shape index (κ3) is 3.00. The van der Waals surface area contributed by atoms with Gasteiger partial charge < -0.3 is 0 Å². The van der Waals surface area contributed by atoms with Gasteiger partial charge in [0, 0.05) is 12.0 Å². The number of nitrogens with zero attached hydrogens (tertiary/aromatic N) is 2. The minimum atomic E-state index is -0.170. The quantitative estimate of drug-likeness (QED) is 0.644. The SMILES string of the molecule is C/C=C/C=C/C(=O)Nc1nnc(C2CC2)s1. The zero-order chi connectivity index (χ0) is 11.4. The topological polar surface area (TPSA) is 54.9 Å². The minimum absolute atomic E-state index is 0.170. The second-order valence-electron chi connectivity index (χ2n) is 3.59. The lowest BCUT2D eigenvalue weighted by Crippen LogP contribution is -2.07. The van der Waals surface area contributed by atoms with E-state index in [1.54, 1.807) is 12.2 Å². The molecule has 1 fully saturated rings. The first kappa shape index (κ1) is 11.0. The van der Waals surface area contributed by atoms with Crippen LogP contribution in [-0.4, -0.2) is 16.1 Å². The summed E-state index contributed by atoms with van der Waals surface area (Å²) in [5, 5.41) is 12.3. The highest BCUT2D eigenvalue weighted by Crippen LogP contribution is 2.41. The van der Waals surface area contributed by atoms with Crippen LogP contribution in [0.1, 0.15) is 30.7 Å². The van der Waals surface area contributed by atoms with E-state index < -0.39 is 0 Å². The summed E-state index contributed by atoms with van der Waals surface area (Å²) in [6, 6.07) is 0. The molecule has 1 aromatic heterocycles. The van der Waals surface area contributed by atoms with E-state index in [0.29, 0.717) is 11.0 Å². The van der Waals surface area contributed by atoms with E-state index in [4.69, 9.17) is 0 Å². The van der Waals surface area contributed by atoms with E-state index in [-0.39, 0.29) is 5.91 Å². The van der Waals surface area contributed by atoms with Crippen LogP contribution >= 0.6 is 11.3 Å². The molecule has 2 rings (SSSR count). The van der Waals surface area contributed by atoms with Crippen molar-refractivity contribution in [1.82, 2.24) is 10.2 Å². The molecule has 1 saturated carbocycles. The highest BCUT2D eigenvalue weighted by atomic mass is 32.1. The van der Waals surface area contributed by atoms with Crippen molar-refractivity contribution < 1.29 is 4.79 Å². The standard InChI is InChI=1S/C11H13N3OS/c1-2-3-4-5-9(15)12-11-14-13-10(16-11)8-6-7-8/h2-5,8H,6-7H2,1H3,(H,12,14,15)/b3-2+,5-4+. The van der Waals surface area contributed by atoms with Gasteiger partial charge in [-0.25, -0.2) is 0 Å². The third-order valence-corrected chi connectivity index (χ3v) is 3.15. The molecule has 16 heavy (non-hydrogen) atoms. The second-order valence-corrected chi connectivity index (χ2v) is 4.60. The average molecular weight is 235 g/mol. The number of carbonyl (C=O) groups excluding carboxylic acids is 1. The Hall–Kier alpha value is -1.49. The van der Waals surface area contributed by atoms with Crippen molar-refractivity contribution in [3.8, 4) is 0 Å². The van der Waals surface area contributed by atoms with E-state index >= 15 is 0 Å². The van der Waals surface area contributed by atoms with Gasteiger partial charge in [0.2, 0.25) is 11.0 Å². The van der Waals surface area contributed by atoms with Gasteiger partial charge >= 0.3 is 0 Å². The largest absolute Gasteiger partial charge is 0.297 e. The number of hydrogen-bond donors (Lipinski definition) is 1. The molecule has 1 aromatic rings. The molecule has 84 valence electrons. The lowest BCUT2D eigenvalue weighted by atomic mass is 10.4. The fourth-order valence-corrected chi connectivity index (χ4v) is 2.10. The fourth-order valence-electron chi connectivity index (χ4n) is 1.18. The number of allylic oxidation sites excluding steroid dienone is 3. The monoisotopic (exact) mass is 235 g/mol. The number of nitrogens with one attached hydrogen (secondary N) is 1. The predicted octanol–water partition coefficient (Wildman–Crippen LogP) is 2.49. The molecule has 0 aliphatic heterocycles. The molecule has 1 amide bonds.